The number of hydrogen-bond acceptors (Lipinski definition) is 2. The molecule has 0 fully saturated rings. The first-order chi connectivity index (χ1) is 14.5. The number of carbonyl (C=O) groups is 1. The Balaban J connectivity index is 1.75. The van der Waals surface area contributed by atoms with Gasteiger partial charge >= 0.3 is 6.09 Å². The second-order valence-electron chi connectivity index (χ2n) is 7.00. The van der Waals surface area contributed by atoms with Gasteiger partial charge in [-0.05, 0) is 58.1 Å². The van der Waals surface area contributed by atoms with Crippen LogP contribution in [0.4, 0.5) is 23.7 Å². The van der Waals surface area contributed by atoms with Crippen LogP contribution in [-0.4, -0.2) is 6.09 Å². The van der Waals surface area contributed by atoms with Gasteiger partial charge in [0, 0.05) is 10.0 Å². The topological polar surface area (TPSA) is 29.5 Å². The number of carbonyl (C=O) groups excluding carboxylic acids is 1. The van der Waals surface area contributed by atoms with Crippen molar-refractivity contribution in [2.45, 2.75) is 25.5 Å². The molecule has 0 spiro atoms. The molecule has 0 aromatic heterocycles. The molecule has 0 saturated heterocycles. The minimum Gasteiger partial charge on any atom is -0.444 e. The first-order valence-electron chi connectivity index (χ1n) is 9.37. The Bertz CT molecular complexity index is 1090. The number of nitrogens with zero attached hydrogens (tertiary/aromatic N) is 1. The van der Waals surface area contributed by atoms with Gasteiger partial charge < -0.3 is 4.74 Å². The highest BCUT2D eigenvalue weighted by Crippen LogP contribution is 2.44. The average molecular weight is 476 g/mol. The van der Waals surface area contributed by atoms with Crippen LogP contribution < -0.4 is 4.90 Å². The molecule has 0 radical (unpaired) electrons. The van der Waals surface area contributed by atoms with Crippen LogP contribution in [-0.2, 0) is 17.8 Å². The minimum absolute atomic E-state index is 0.0165. The van der Waals surface area contributed by atoms with Crippen LogP contribution in [0.1, 0.15) is 29.2 Å². The lowest BCUT2D eigenvalue weighted by molar-refractivity contribution is 0.143. The summed E-state index contributed by atoms with van der Waals surface area (Å²) in [4.78, 5) is 14.4. The van der Waals surface area contributed by atoms with Crippen molar-refractivity contribution < 1.29 is 22.7 Å². The number of rotatable bonds is 3. The average Bonchev–Trinajstić information content (AvgIpc) is 2.75. The number of hydrogen-bond donors (Lipinski definition) is 0. The van der Waals surface area contributed by atoms with Crippen LogP contribution in [0.15, 0.2) is 65.1 Å². The number of benzene rings is 3. The van der Waals surface area contributed by atoms with E-state index in [9.17, 15) is 18.0 Å². The van der Waals surface area contributed by atoms with E-state index in [2.05, 4.69) is 15.9 Å². The summed E-state index contributed by atoms with van der Waals surface area (Å²) in [6, 6.07) is 15.4. The molecule has 1 aliphatic heterocycles. The van der Waals surface area contributed by atoms with Gasteiger partial charge in [0.15, 0.2) is 11.6 Å². The van der Waals surface area contributed by atoms with E-state index in [4.69, 9.17) is 4.74 Å². The fraction of sp³-hybridized carbons (Fsp3) is 0.174. The lowest BCUT2D eigenvalue weighted by Gasteiger charge is -2.37. The molecule has 30 heavy (non-hydrogen) atoms. The fourth-order valence-electron chi connectivity index (χ4n) is 3.73. The van der Waals surface area contributed by atoms with Crippen molar-refractivity contribution in [2.24, 2.45) is 0 Å². The van der Waals surface area contributed by atoms with Crippen molar-refractivity contribution in [1.29, 1.82) is 0 Å². The molecule has 1 amide bonds. The normalized spacial score (nSPS) is 15.6. The van der Waals surface area contributed by atoms with Crippen LogP contribution in [0.25, 0.3) is 0 Å². The quantitative estimate of drug-likeness (QED) is 0.394. The van der Waals surface area contributed by atoms with Gasteiger partial charge in [0.25, 0.3) is 0 Å². The summed E-state index contributed by atoms with van der Waals surface area (Å²) in [6.07, 6.45) is -0.231. The van der Waals surface area contributed by atoms with Gasteiger partial charge in [-0.3, -0.25) is 4.90 Å². The smallest absolute Gasteiger partial charge is 0.415 e. The van der Waals surface area contributed by atoms with Gasteiger partial charge in [0.2, 0.25) is 0 Å². The summed E-state index contributed by atoms with van der Waals surface area (Å²) in [6.45, 7) is 0.0165. The Labute approximate surface area is 180 Å². The number of ether oxygens (including phenoxy) is 1. The van der Waals surface area contributed by atoms with E-state index in [0.29, 0.717) is 12.0 Å². The maximum Gasteiger partial charge on any atom is 0.415 e. The van der Waals surface area contributed by atoms with E-state index in [1.807, 2.05) is 30.3 Å². The van der Waals surface area contributed by atoms with Gasteiger partial charge in [-0.25, -0.2) is 18.0 Å². The molecule has 3 nitrogen and oxygen atoms in total. The van der Waals surface area contributed by atoms with Crippen molar-refractivity contribution >= 4 is 27.7 Å². The lowest BCUT2D eigenvalue weighted by Crippen LogP contribution is -2.39. The van der Waals surface area contributed by atoms with Crippen LogP contribution in [0.3, 0.4) is 0 Å². The third kappa shape index (κ3) is 3.94. The van der Waals surface area contributed by atoms with Crippen molar-refractivity contribution in [3.05, 3.63) is 99.3 Å². The lowest BCUT2D eigenvalue weighted by atomic mass is 9.91. The largest absolute Gasteiger partial charge is 0.444 e. The predicted octanol–water partition coefficient (Wildman–Crippen LogP) is 6.70. The van der Waals surface area contributed by atoms with Crippen LogP contribution in [0, 0.1) is 17.5 Å². The van der Waals surface area contributed by atoms with Gasteiger partial charge in [-0.1, -0.05) is 42.5 Å². The van der Waals surface area contributed by atoms with Crippen LogP contribution >= 0.6 is 15.9 Å². The molecule has 3 aromatic carbocycles. The number of halogens is 4. The van der Waals surface area contributed by atoms with E-state index >= 15 is 0 Å². The predicted molar refractivity (Wildman–Crippen MR) is 111 cm³/mol. The zero-order valence-corrected chi connectivity index (χ0v) is 17.3. The second kappa shape index (κ2) is 8.52. The molecule has 0 N–H and O–H groups in total. The molecule has 1 unspecified atom stereocenters. The number of fused-ring (bicyclic) bond motifs is 1. The Morgan fingerprint density at radius 3 is 2.57 bits per heavy atom. The van der Waals surface area contributed by atoms with E-state index in [-0.39, 0.29) is 28.8 Å². The van der Waals surface area contributed by atoms with E-state index in [0.717, 1.165) is 11.6 Å². The summed E-state index contributed by atoms with van der Waals surface area (Å²) in [5, 5.41) is 0. The van der Waals surface area contributed by atoms with Gasteiger partial charge in [0.1, 0.15) is 12.4 Å². The van der Waals surface area contributed by atoms with Gasteiger partial charge in [-0.15, -0.1) is 0 Å². The molecule has 0 aliphatic carbocycles. The fourth-order valence-corrected chi connectivity index (χ4v) is 4.36. The van der Waals surface area contributed by atoms with Crippen molar-refractivity contribution in [2.75, 3.05) is 4.90 Å². The number of amides is 1. The standard InChI is InChI=1S/C23H17BrF3NO2/c24-18-12-19(26)21(27)17-9-10-20(15-7-4-8-16(25)11-15)28(22(17)18)23(29)30-13-14-5-2-1-3-6-14/h1-8,11-12,20H,9-10,13H2. The second-order valence-corrected chi connectivity index (χ2v) is 7.86. The van der Waals surface area contributed by atoms with E-state index < -0.39 is 29.6 Å². The Morgan fingerprint density at radius 2 is 1.83 bits per heavy atom. The first kappa shape index (κ1) is 20.5. The maximum absolute atomic E-state index is 14.5. The highest BCUT2D eigenvalue weighted by atomic mass is 79.9. The van der Waals surface area contributed by atoms with Crippen LogP contribution in [0.5, 0.6) is 0 Å². The molecule has 154 valence electrons. The Hall–Kier alpha value is -2.80. The molecule has 0 saturated carbocycles. The Morgan fingerprint density at radius 1 is 1.07 bits per heavy atom. The van der Waals surface area contributed by atoms with Gasteiger partial charge in [0.05, 0.1) is 11.7 Å². The zero-order valence-electron chi connectivity index (χ0n) is 15.7. The van der Waals surface area contributed by atoms with E-state index in [1.165, 1.54) is 17.0 Å². The van der Waals surface area contributed by atoms with Crippen molar-refractivity contribution in [3.8, 4) is 0 Å². The third-order valence-electron chi connectivity index (χ3n) is 5.10. The zero-order chi connectivity index (χ0) is 21.3. The molecule has 1 atom stereocenters. The minimum atomic E-state index is -0.998. The number of anilines is 1. The molecule has 3 aromatic rings. The highest BCUT2D eigenvalue weighted by Gasteiger charge is 2.37. The maximum atomic E-state index is 14.5. The molecule has 0 bridgehead atoms. The molecule has 1 heterocycles. The monoisotopic (exact) mass is 475 g/mol. The van der Waals surface area contributed by atoms with Gasteiger partial charge in [-0.2, -0.15) is 0 Å². The summed E-state index contributed by atoms with van der Waals surface area (Å²) in [5.74, 6) is -2.44. The van der Waals surface area contributed by atoms with E-state index in [1.54, 1.807) is 12.1 Å². The molecular formula is C23H17BrF3NO2. The van der Waals surface area contributed by atoms with Crippen molar-refractivity contribution in [3.63, 3.8) is 0 Å². The molecular weight excluding hydrogens is 459 g/mol. The summed E-state index contributed by atoms with van der Waals surface area (Å²) in [7, 11) is 0. The molecule has 4 rings (SSSR count). The molecule has 7 heteroatoms. The summed E-state index contributed by atoms with van der Waals surface area (Å²) < 4.78 is 48.0. The van der Waals surface area contributed by atoms with Crippen molar-refractivity contribution in [1.82, 2.24) is 0 Å². The Kier molecular flexibility index (Phi) is 5.81. The SMILES string of the molecule is O=C(OCc1ccccc1)N1c2c(Br)cc(F)c(F)c2CCC1c1cccc(F)c1. The van der Waals surface area contributed by atoms with Crippen LogP contribution in [0.2, 0.25) is 0 Å². The third-order valence-corrected chi connectivity index (χ3v) is 5.70. The highest BCUT2D eigenvalue weighted by molar-refractivity contribution is 9.10. The first-order valence-corrected chi connectivity index (χ1v) is 10.2. The molecule has 1 aliphatic rings. The summed E-state index contributed by atoms with van der Waals surface area (Å²) in [5.41, 5.74) is 1.63. The summed E-state index contributed by atoms with van der Waals surface area (Å²) >= 11 is 3.26.